The highest BCUT2D eigenvalue weighted by molar-refractivity contribution is 6.32. The number of ketones is 1. The lowest BCUT2D eigenvalue weighted by Crippen LogP contribution is -2.46. The van der Waals surface area contributed by atoms with E-state index in [0.29, 0.717) is 39.5 Å². The van der Waals surface area contributed by atoms with Crippen molar-refractivity contribution in [1.29, 1.82) is 0 Å². The summed E-state index contributed by atoms with van der Waals surface area (Å²) in [6.45, 7) is 2.22. The van der Waals surface area contributed by atoms with E-state index >= 15 is 0 Å². The monoisotopic (exact) mass is 534 g/mol. The van der Waals surface area contributed by atoms with Crippen LogP contribution >= 0.6 is 11.6 Å². The summed E-state index contributed by atoms with van der Waals surface area (Å²) in [6, 6.07) is 13.5. The van der Waals surface area contributed by atoms with Gasteiger partial charge in [-0.3, -0.25) is 4.79 Å². The molecule has 3 atom stereocenters. The summed E-state index contributed by atoms with van der Waals surface area (Å²) in [4.78, 5) is 27.0. The molecule has 0 radical (unpaired) electrons. The third-order valence-corrected chi connectivity index (χ3v) is 8.65. The number of Topliss-reactive ketones (excluding diaryl/α,β-unsaturated/α-hetero) is 1. The van der Waals surface area contributed by atoms with E-state index < -0.39 is 5.97 Å². The molecule has 1 aliphatic carbocycles. The average Bonchev–Trinajstić information content (AvgIpc) is 3.60. The Bertz CT molecular complexity index is 1440. The van der Waals surface area contributed by atoms with Crippen LogP contribution in [0.3, 0.4) is 0 Å². The first-order valence-electron chi connectivity index (χ1n) is 13.3. The molecular formula is C30H31ClN2O5. The number of furan rings is 1. The molecule has 38 heavy (non-hydrogen) atoms. The number of nitrogens with two attached hydrogens (primary N) is 1. The van der Waals surface area contributed by atoms with E-state index in [-0.39, 0.29) is 30.2 Å². The number of fused-ring (bicyclic) bond motifs is 3. The van der Waals surface area contributed by atoms with E-state index in [1.807, 2.05) is 37.3 Å². The van der Waals surface area contributed by atoms with Gasteiger partial charge in [-0.1, -0.05) is 29.8 Å². The number of hydrogen-bond acceptors (Lipinski definition) is 6. The topological polar surface area (TPSA) is 106 Å². The molecule has 3 aliphatic rings. The van der Waals surface area contributed by atoms with E-state index in [4.69, 9.17) is 26.5 Å². The van der Waals surface area contributed by atoms with Gasteiger partial charge in [0.2, 0.25) is 5.76 Å². The number of piperidine rings is 1. The second-order valence-electron chi connectivity index (χ2n) is 10.7. The number of benzene rings is 2. The number of carboxylic acid groups (broad SMARTS) is 1. The molecule has 0 amide bonds. The molecule has 2 bridgehead atoms. The number of anilines is 1. The van der Waals surface area contributed by atoms with Crippen LogP contribution in [0, 0.1) is 12.8 Å². The quantitative estimate of drug-likeness (QED) is 0.343. The molecule has 1 aromatic heterocycles. The minimum atomic E-state index is -1.07. The molecule has 8 heteroatoms. The fraction of sp³-hybridized carbons (Fsp3) is 0.400. The summed E-state index contributed by atoms with van der Waals surface area (Å²) in [5.41, 5.74) is 10.9. The smallest absolute Gasteiger partial charge is 0.371 e. The van der Waals surface area contributed by atoms with Crippen molar-refractivity contribution < 1.29 is 23.8 Å². The molecule has 6 rings (SSSR count). The van der Waals surface area contributed by atoms with Gasteiger partial charge >= 0.3 is 5.97 Å². The van der Waals surface area contributed by atoms with E-state index in [2.05, 4.69) is 4.90 Å². The maximum atomic E-state index is 13.2. The molecule has 1 saturated carbocycles. The second kappa shape index (κ2) is 9.79. The second-order valence-corrected chi connectivity index (χ2v) is 11.2. The zero-order chi connectivity index (χ0) is 26.6. The summed E-state index contributed by atoms with van der Waals surface area (Å²) < 4.78 is 11.9. The Morgan fingerprint density at radius 2 is 1.82 bits per heavy atom. The van der Waals surface area contributed by atoms with Gasteiger partial charge in [0.1, 0.15) is 5.58 Å². The van der Waals surface area contributed by atoms with Crippen LogP contribution in [-0.4, -0.2) is 41.7 Å². The molecule has 2 aliphatic heterocycles. The van der Waals surface area contributed by atoms with Crippen LogP contribution in [0.5, 0.6) is 0 Å². The molecule has 2 aromatic carbocycles. The number of carbonyl (C=O) groups excluding carboxylic acids is 1. The van der Waals surface area contributed by atoms with Crippen molar-refractivity contribution in [2.75, 3.05) is 11.5 Å². The van der Waals surface area contributed by atoms with Crippen molar-refractivity contribution in [1.82, 2.24) is 0 Å². The first kappa shape index (κ1) is 25.0. The molecule has 2 unspecified atom stereocenters. The van der Waals surface area contributed by atoms with E-state index in [1.165, 1.54) is 0 Å². The van der Waals surface area contributed by atoms with Gasteiger partial charge in [0, 0.05) is 50.9 Å². The zero-order valence-corrected chi connectivity index (χ0v) is 22.0. The zero-order valence-electron chi connectivity index (χ0n) is 21.3. The average molecular weight is 535 g/mol. The Labute approximate surface area is 226 Å². The van der Waals surface area contributed by atoms with Gasteiger partial charge in [-0.05, 0) is 75.3 Å². The van der Waals surface area contributed by atoms with Crippen LogP contribution < -0.4 is 10.6 Å². The maximum absolute atomic E-state index is 13.2. The number of hydrogen-bond donors (Lipinski definition) is 2. The Hall–Kier alpha value is -3.29. The summed E-state index contributed by atoms with van der Waals surface area (Å²) in [6.07, 6.45) is 5.68. The highest BCUT2D eigenvalue weighted by Gasteiger charge is 2.42. The molecule has 2 saturated heterocycles. The van der Waals surface area contributed by atoms with Crippen molar-refractivity contribution in [3.8, 4) is 0 Å². The third kappa shape index (κ3) is 4.48. The highest BCUT2D eigenvalue weighted by Crippen LogP contribution is 2.43. The van der Waals surface area contributed by atoms with Gasteiger partial charge in [-0.25, -0.2) is 4.79 Å². The predicted molar refractivity (Wildman–Crippen MR) is 146 cm³/mol. The van der Waals surface area contributed by atoms with Crippen molar-refractivity contribution in [2.24, 2.45) is 11.7 Å². The van der Waals surface area contributed by atoms with Crippen LogP contribution in [0.25, 0.3) is 16.7 Å². The number of aryl methyl sites for hydroxylation is 1. The Balaban J connectivity index is 1.20. The summed E-state index contributed by atoms with van der Waals surface area (Å²) in [5, 5.41) is 10.7. The number of halogens is 1. The number of carbonyl (C=O) groups is 2. The Morgan fingerprint density at radius 3 is 2.47 bits per heavy atom. The van der Waals surface area contributed by atoms with Crippen LogP contribution in [0.2, 0.25) is 5.02 Å². The predicted octanol–water partition coefficient (Wildman–Crippen LogP) is 5.96. The first-order chi connectivity index (χ1) is 18.3. The van der Waals surface area contributed by atoms with Crippen molar-refractivity contribution in [2.45, 2.75) is 63.6 Å². The van der Waals surface area contributed by atoms with Crippen LogP contribution in [0.1, 0.15) is 60.2 Å². The Morgan fingerprint density at radius 1 is 1.11 bits per heavy atom. The highest BCUT2D eigenvalue weighted by atomic mass is 35.5. The van der Waals surface area contributed by atoms with Gasteiger partial charge in [-0.2, -0.15) is 0 Å². The number of carboxylic acids is 1. The first-order valence-corrected chi connectivity index (χ1v) is 13.6. The van der Waals surface area contributed by atoms with Crippen molar-refractivity contribution in [3.63, 3.8) is 0 Å². The van der Waals surface area contributed by atoms with Gasteiger partial charge in [0.05, 0.1) is 12.7 Å². The summed E-state index contributed by atoms with van der Waals surface area (Å²) >= 11 is 6.39. The number of nitrogens with zero attached hydrogens (tertiary/aromatic N) is 1. The lowest BCUT2D eigenvalue weighted by atomic mass is 9.96. The number of rotatable bonds is 8. The molecule has 3 heterocycles. The minimum Gasteiger partial charge on any atom is -0.475 e. The summed E-state index contributed by atoms with van der Waals surface area (Å²) in [7, 11) is 0. The standard InChI is InChI=1S/C30H31ClN2O5/c1-16-22-14-27(30(35)36)38-26(22)11-10-25(16)33-18-8-9-19(33)13-20(12-18)37-15-23(29(34)17-6-7-17)28(32)21-4-2-3-5-24(21)31/h2-5,10-11,14,17-20H,6-9,12-13,15,32H2,1H3,(H,35,36)/t18-,19?,20?/m0/s1. The Kier molecular flexibility index (Phi) is 6.44. The SMILES string of the molecule is Cc1c(N2C3CC[C@H]2CC(OCC(C(=O)C2CC2)=C(N)c2ccccc2Cl)C3)ccc2oc(C(=O)O)cc12. The van der Waals surface area contributed by atoms with E-state index in [1.54, 1.807) is 12.1 Å². The van der Waals surface area contributed by atoms with Crippen LogP contribution in [-0.2, 0) is 9.53 Å². The van der Waals surface area contributed by atoms with Gasteiger partial charge in [-0.15, -0.1) is 0 Å². The fourth-order valence-electron chi connectivity index (χ4n) is 6.20. The molecule has 7 nitrogen and oxygen atoms in total. The lowest BCUT2D eigenvalue weighted by Gasteiger charge is -2.41. The molecular weight excluding hydrogens is 504 g/mol. The molecule has 198 valence electrons. The summed E-state index contributed by atoms with van der Waals surface area (Å²) in [5.74, 6) is -0.998. The van der Waals surface area contributed by atoms with Crippen LogP contribution in [0.4, 0.5) is 5.69 Å². The molecule has 0 spiro atoms. The largest absolute Gasteiger partial charge is 0.475 e. The van der Waals surface area contributed by atoms with Crippen molar-refractivity contribution >= 4 is 45.7 Å². The molecule has 3 fully saturated rings. The molecule has 3 aromatic rings. The van der Waals surface area contributed by atoms with Crippen molar-refractivity contribution in [3.05, 3.63) is 69.9 Å². The van der Waals surface area contributed by atoms with Gasteiger partial charge in [0.25, 0.3) is 0 Å². The van der Waals surface area contributed by atoms with E-state index in [9.17, 15) is 14.7 Å². The van der Waals surface area contributed by atoms with Crippen LogP contribution in [0.15, 0.2) is 52.5 Å². The normalized spacial score (nSPS) is 23.5. The van der Waals surface area contributed by atoms with Gasteiger partial charge in [0.15, 0.2) is 5.78 Å². The maximum Gasteiger partial charge on any atom is 0.371 e. The minimum absolute atomic E-state index is 0.0290. The van der Waals surface area contributed by atoms with Gasteiger partial charge < -0.3 is 24.9 Å². The third-order valence-electron chi connectivity index (χ3n) is 8.32. The number of ether oxygens (including phenoxy) is 1. The fourth-order valence-corrected chi connectivity index (χ4v) is 6.44. The number of aromatic carboxylic acids is 1. The lowest BCUT2D eigenvalue weighted by molar-refractivity contribution is -0.117. The molecule has 3 N–H and O–H groups in total. The van der Waals surface area contributed by atoms with E-state index in [0.717, 1.165) is 55.2 Å².